The summed E-state index contributed by atoms with van der Waals surface area (Å²) in [6.07, 6.45) is 3.39. The average molecular weight is 327 g/mol. The molecule has 2 aromatic rings. The molecule has 0 aliphatic heterocycles. The number of hydrogen-bond donors (Lipinski definition) is 1. The van der Waals surface area contributed by atoms with Crippen LogP contribution in [0.1, 0.15) is 5.56 Å². The van der Waals surface area contributed by atoms with Gasteiger partial charge < -0.3 is 10.6 Å². The number of sulfonamides is 1. The lowest BCUT2D eigenvalue weighted by atomic mass is 10.2. The fourth-order valence-electron chi connectivity index (χ4n) is 1.79. The Kier molecular flexibility index (Phi) is 4.45. The highest BCUT2D eigenvalue weighted by Gasteiger charge is 2.29. The second kappa shape index (κ2) is 5.96. The first-order chi connectivity index (χ1) is 9.84. The Morgan fingerprint density at radius 2 is 1.86 bits per heavy atom. The van der Waals surface area contributed by atoms with Crippen molar-refractivity contribution in [2.24, 2.45) is 0 Å². The molecular weight excluding hydrogens is 310 g/mol. The van der Waals surface area contributed by atoms with E-state index in [0.29, 0.717) is 11.5 Å². The van der Waals surface area contributed by atoms with Gasteiger partial charge in [0, 0.05) is 40.1 Å². The van der Waals surface area contributed by atoms with Crippen LogP contribution in [-0.4, -0.2) is 43.2 Å². The summed E-state index contributed by atoms with van der Waals surface area (Å²) in [4.78, 5) is 5.84. The topological polar surface area (TPSA) is 92.4 Å². The van der Waals surface area contributed by atoms with Crippen LogP contribution in [0, 0.1) is 0 Å². The maximum absolute atomic E-state index is 12.4. The number of anilines is 2. The van der Waals surface area contributed by atoms with Gasteiger partial charge in [0.1, 0.15) is 5.00 Å². The van der Waals surface area contributed by atoms with Gasteiger partial charge in [-0.3, -0.25) is 4.98 Å². The SMILES string of the molecule is CN(Cc1ccncc1)c1snc(N)c1S(=O)(=O)N(C)C. The minimum atomic E-state index is -3.63. The Labute approximate surface area is 128 Å². The van der Waals surface area contributed by atoms with Crippen molar-refractivity contribution in [2.45, 2.75) is 11.4 Å². The van der Waals surface area contributed by atoms with E-state index in [1.807, 2.05) is 24.1 Å². The van der Waals surface area contributed by atoms with E-state index in [1.165, 1.54) is 14.1 Å². The van der Waals surface area contributed by atoms with Crippen molar-refractivity contribution in [3.8, 4) is 0 Å². The highest BCUT2D eigenvalue weighted by Crippen LogP contribution is 2.35. The molecule has 2 heterocycles. The second-order valence-electron chi connectivity index (χ2n) is 4.70. The van der Waals surface area contributed by atoms with Crippen molar-refractivity contribution in [3.05, 3.63) is 30.1 Å². The molecule has 0 atom stereocenters. The van der Waals surface area contributed by atoms with E-state index < -0.39 is 10.0 Å². The van der Waals surface area contributed by atoms with Crippen LogP contribution in [0.3, 0.4) is 0 Å². The third-order valence-electron chi connectivity index (χ3n) is 2.91. The van der Waals surface area contributed by atoms with E-state index in [-0.39, 0.29) is 10.7 Å². The van der Waals surface area contributed by atoms with Crippen LogP contribution < -0.4 is 10.6 Å². The van der Waals surface area contributed by atoms with Gasteiger partial charge in [0.25, 0.3) is 0 Å². The number of nitrogens with zero attached hydrogens (tertiary/aromatic N) is 4. The molecule has 7 nitrogen and oxygen atoms in total. The van der Waals surface area contributed by atoms with Gasteiger partial charge in [0.05, 0.1) is 0 Å². The predicted octanol–water partition coefficient (Wildman–Crippen LogP) is 1.01. The van der Waals surface area contributed by atoms with Gasteiger partial charge in [0.15, 0.2) is 10.7 Å². The first-order valence-corrected chi connectivity index (χ1v) is 8.33. The minimum Gasteiger partial charge on any atom is -0.382 e. The molecule has 0 spiro atoms. The molecule has 21 heavy (non-hydrogen) atoms. The van der Waals surface area contributed by atoms with Crippen LogP contribution in [0.4, 0.5) is 10.8 Å². The summed E-state index contributed by atoms with van der Waals surface area (Å²) in [5.41, 5.74) is 6.77. The molecule has 0 aliphatic carbocycles. The molecule has 0 saturated heterocycles. The summed E-state index contributed by atoms with van der Waals surface area (Å²) >= 11 is 1.08. The molecule has 0 saturated carbocycles. The van der Waals surface area contributed by atoms with Crippen molar-refractivity contribution in [1.82, 2.24) is 13.7 Å². The molecule has 9 heteroatoms. The number of rotatable bonds is 5. The summed E-state index contributed by atoms with van der Waals surface area (Å²) in [7, 11) is 1.12. The van der Waals surface area contributed by atoms with Crippen molar-refractivity contribution in [1.29, 1.82) is 0 Å². The second-order valence-corrected chi connectivity index (χ2v) is 7.54. The standard InChI is InChI=1S/C12H17N5O2S2/c1-16(2)21(18,19)10-11(13)15-20-12(10)17(3)8-9-4-6-14-7-5-9/h4-7H,8H2,1-3H3,(H2,13,15). The first kappa shape index (κ1) is 15.7. The van der Waals surface area contributed by atoms with E-state index in [4.69, 9.17) is 5.73 Å². The Hall–Kier alpha value is -1.71. The van der Waals surface area contributed by atoms with Gasteiger partial charge in [0.2, 0.25) is 10.0 Å². The van der Waals surface area contributed by atoms with Gasteiger partial charge in [-0.05, 0) is 29.2 Å². The largest absolute Gasteiger partial charge is 0.382 e. The Morgan fingerprint density at radius 1 is 1.24 bits per heavy atom. The molecule has 0 radical (unpaired) electrons. The fourth-order valence-corrected chi connectivity index (χ4v) is 3.99. The molecule has 0 aliphatic rings. The molecule has 114 valence electrons. The monoisotopic (exact) mass is 327 g/mol. The quantitative estimate of drug-likeness (QED) is 0.881. The number of pyridine rings is 1. The lowest BCUT2D eigenvalue weighted by Crippen LogP contribution is -2.25. The lowest BCUT2D eigenvalue weighted by Gasteiger charge is -2.20. The van der Waals surface area contributed by atoms with Crippen molar-refractivity contribution >= 4 is 32.4 Å². The normalized spacial score (nSPS) is 11.8. The van der Waals surface area contributed by atoms with Crippen LogP contribution >= 0.6 is 11.5 Å². The summed E-state index contributed by atoms with van der Waals surface area (Å²) in [6, 6.07) is 3.75. The van der Waals surface area contributed by atoms with E-state index in [9.17, 15) is 8.42 Å². The Bertz CT molecular complexity index is 713. The fraction of sp³-hybridized carbons (Fsp3) is 0.333. The third-order valence-corrected chi connectivity index (χ3v) is 5.90. The lowest BCUT2D eigenvalue weighted by molar-refractivity contribution is 0.521. The number of aromatic nitrogens is 2. The van der Waals surface area contributed by atoms with Crippen LogP contribution in [-0.2, 0) is 16.6 Å². The summed E-state index contributed by atoms with van der Waals surface area (Å²) < 4.78 is 29.9. The molecule has 2 N–H and O–H groups in total. The van der Waals surface area contributed by atoms with Crippen molar-refractivity contribution in [3.63, 3.8) is 0 Å². The maximum Gasteiger partial charge on any atom is 0.249 e. The molecular formula is C12H17N5O2S2. The maximum atomic E-state index is 12.4. The van der Waals surface area contributed by atoms with Gasteiger partial charge >= 0.3 is 0 Å². The first-order valence-electron chi connectivity index (χ1n) is 6.11. The number of nitrogen functional groups attached to an aromatic ring is 1. The minimum absolute atomic E-state index is 0.0327. The summed E-state index contributed by atoms with van der Waals surface area (Å²) in [5, 5.41) is 0.526. The zero-order valence-electron chi connectivity index (χ0n) is 12.0. The number of hydrogen-bond acceptors (Lipinski definition) is 7. The average Bonchev–Trinajstić information content (AvgIpc) is 2.82. The Morgan fingerprint density at radius 3 is 2.43 bits per heavy atom. The van der Waals surface area contributed by atoms with Crippen LogP contribution in [0.15, 0.2) is 29.4 Å². The Balaban J connectivity index is 2.38. The van der Waals surface area contributed by atoms with Gasteiger partial charge in [-0.2, -0.15) is 4.37 Å². The van der Waals surface area contributed by atoms with Crippen molar-refractivity contribution in [2.75, 3.05) is 31.8 Å². The summed E-state index contributed by atoms with van der Waals surface area (Å²) in [6.45, 7) is 0.542. The zero-order valence-corrected chi connectivity index (χ0v) is 13.6. The van der Waals surface area contributed by atoms with Crippen molar-refractivity contribution < 1.29 is 8.42 Å². The molecule has 0 amide bonds. The van der Waals surface area contributed by atoms with Crippen LogP contribution in [0.25, 0.3) is 0 Å². The molecule has 0 aromatic carbocycles. The van der Waals surface area contributed by atoms with E-state index in [0.717, 1.165) is 21.4 Å². The van der Waals surface area contributed by atoms with E-state index in [1.54, 1.807) is 12.4 Å². The molecule has 2 rings (SSSR count). The smallest absolute Gasteiger partial charge is 0.249 e. The van der Waals surface area contributed by atoms with Gasteiger partial charge in [-0.15, -0.1) is 0 Å². The third kappa shape index (κ3) is 3.14. The predicted molar refractivity (Wildman–Crippen MR) is 83.7 cm³/mol. The number of nitrogens with two attached hydrogens (primary N) is 1. The molecule has 0 fully saturated rings. The highest BCUT2D eigenvalue weighted by atomic mass is 32.2. The van der Waals surface area contributed by atoms with E-state index >= 15 is 0 Å². The summed E-state index contributed by atoms with van der Waals surface area (Å²) in [5.74, 6) is 0.0327. The zero-order chi connectivity index (χ0) is 15.6. The van der Waals surface area contributed by atoms with E-state index in [2.05, 4.69) is 9.36 Å². The molecule has 2 aromatic heterocycles. The van der Waals surface area contributed by atoms with Gasteiger partial charge in [-0.25, -0.2) is 12.7 Å². The van der Waals surface area contributed by atoms with Gasteiger partial charge in [-0.1, -0.05) is 0 Å². The van der Waals surface area contributed by atoms with Crippen LogP contribution in [0.5, 0.6) is 0 Å². The van der Waals surface area contributed by atoms with Crippen LogP contribution in [0.2, 0.25) is 0 Å². The molecule has 0 unspecified atom stereocenters. The highest BCUT2D eigenvalue weighted by molar-refractivity contribution is 7.89. The molecule has 0 bridgehead atoms.